The SMILES string of the molecule is COc1ccc(N=c2oc3c(C)ncc(CO)c3cc2C(=O)Nc2ccc(OC)cc2OC)cc1. The molecule has 9 heteroatoms. The molecule has 4 rings (SSSR count). The Hall–Kier alpha value is -4.37. The Kier molecular flexibility index (Phi) is 6.98. The lowest BCUT2D eigenvalue weighted by atomic mass is 10.1. The second-order valence-electron chi connectivity index (χ2n) is 7.57. The average Bonchev–Trinajstić information content (AvgIpc) is 2.89. The van der Waals surface area contributed by atoms with Gasteiger partial charge >= 0.3 is 0 Å². The zero-order chi connectivity index (χ0) is 24.9. The van der Waals surface area contributed by atoms with Crippen molar-refractivity contribution < 1.29 is 28.5 Å². The van der Waals surface area contributed by atoms with Crippen LogP contribution in [0.25, 0.3) is 11.0 Å². The molecule has 0 aliphatic rings. The number of hydrogen-bond acceptors (Lipinski definition) is 8. The maximum absolute atomic E-state index is 13.5. The number of amides is 1. The van der Waals surface area contributed by atoms with E-state index in [0.717, 1.165) is 0 Å². The summed E-state index contributed by atoms with van der Waals surface area (Å²) in [7, 11) is 4.63. The van der Waals surface area contributed by atoms with Crippen LogP contribution >= 0.6 is 0 Å². The van der Waals surface area contributed by atoms with Gasteiger partial charge in [-0.1, -0.05) is 0 Å². The van der Waals surface area contributed by atoms with E-state index in [4.69, 9.17) is 18.6 Å². The third kappa shape index (κ3) is 4.95. The first-order chi connectivity index (χ1) is 17.0. The highest BCUT2D eigenvalue weighted by molar-refractivity contribution is 6.06. The van der Waals surface area contributed by atoms with Crippen LogP contribution in [0, 0.1) is 6.92 Å². The van der Waals surface area contributed by atoms with Crippen LogP contribution in [-0.2, 0) is 6.61 Å². The number of fused-ring (bicyclic) bond motifs is 1. The number of ether oxygens (including phenoxy) is 3. The van der Waals surface area contributed by atoms with Gasteiger partial charge in [-0.15, -0.1) is 0 Å². The van der Waals surface area contributed by atoms with Crippen LogP contribution in [0.2, 0.25) is 0 Å². The van der Waals surface area contributed by atoms with Crippen molar-refractivity contribution in [3.8, 4) is 17.2 Å². The van der Waals surface area contributed by atoms with Crippen molar-refractivity contribution in [1.29, 1.82) is 0 Å². The fourth-order valence-electron chi connectivity index (χ4n) is 3.53. The Bertz CT molecular complexity index is 1440. The average molecular weight is 476 g/mol. The number of aliphatic hydroxyl groups is 1. The molecular weight excluding hydrogens is 450 g/mol. The van der Waals surface area contributed by atoms with Gasteiger partial charge in [-0.3, -0.25) is 9.78 Å². The van der Waals surface area contributed by atoms with Gasteiger partial charge in [0, 0.05) is 23.2 Å². The Labute approximate surface area is 201 Å². The van der Waals surface area contributed by atoms with Crippen molar-refractivity contribution in [1.82, 2.24) is 4.98 Å². The van der Waals surface area contributed by atoms with E-state index in [1.54, 1.807) is 75.9 Å². The molecule has 0 aliphatic heterocycles. The summed E-state index contributed by atoms with van der Waals surface area (Å²) < 4.78 is 21.9. The first-order valence-electron chi connectivity index (χ1n) is 10.7. The van der Waals surface area contributed by atoms with E-state index in [1.165, 1.54) is 7.11 Å². The Balaban J connectivity index is 1.88. The summed E-state index contributed by atoms with van der Waals surface area (Å²) in [5.41, 5.74) is 2.84. The summed E-state index contributed by atoms with van der Waals surface area (Å²) in [6.07, 6.45) is 1.56. The van der Waals surface area contributed by atoms with E-state index >= 15 is 0 Å². The minimum atomic E-state index is -0.468. The van der Waals surface area contributed by atoms with Gasteiger partial charge in [0.2, 0.25) is 5.55 Å². The molecule has 0 saturated carbocycles. The number of methoxy groups -OCH3 is 3. The third-order valence-corrected chi connectivity index (χ3v) is 5.43. The van der Waals surface area contributed by atoms with E-state index in [9.17, 15) is 9.90 Å². The van der Waals surface area contributed by atoms with Gasteiger partial charge in [-0.2, -0.15) is 0 Å². The third-order valence-electron chi connectivity index (χ3n) is 5.43. The molecule has 0 spiro atoms. The van der Waals surface area contributed by atoms with Gasteiger partial charge in [0.15, 0.2) is 5.58 Å². The van der Waals surface area contributed by atoms with E-state index in [2.05, 4.69) is 15.3 Å². The Morgan fingerprint density at radius 1 is 1.03 bits per heavy atom. The number of carbonyl (C=O) groups is 1. The van der Waals surface area contributed by atoms with Gasteiger partial charge in [0.25, 0.3) is 5.91 Å². The second kappa shape index (κ2) is 10.3. The van der Waals surface area contributed by atoms with Crippen molar-refractivity contribution in [2.75, 3.05) is 26.6 Å². The molecule has 9 nitrogen and oxygen atoms in total. The zero-order valence-electron chi connectivity index (χ0n) is 19.8. The van der Waals surface area contributed by atoms with Gasteiger partial charge in [0.05, 0.1) is 45.0 Å². The van der Waals surface area contributed by atoms with Crippen LogP contribution in [0.4, 0.5) is 11.4 Å². The summed E-state index contributed by atoms with van der Waals surface area (Å²) in [6, 6.07) is 13.7. The van der Waals surface area contributed by atoms with Gasteiger partial charge in [-0.05, 0) is 49.4 Å². The highest BCUT2D eigenvalue weighted by Crippen LogP contribution is 2.30. The molecule has 35 heavy (non-hydrogen) atoms. The highest BCUT2D eigenvalue weighted by atomic mass is 16.5. The second-order valence-corrected chi connectivity index (χ2v) is 7.57. The molecule has 0 atom stereocenters. The zero-order valence-corrected chi connectivity index (χ0v) is 19.8. The maximum Gasteiger partial charge on any atom is 0.261 e. The summed E-state index contributed by atoms with van der Waals surface area (Å²) in [5, 5.41) is 13.2. The fourth-order valence-corrected chi connectivity index (χ4v) is 3.53. The van der Waals surface area contributed by atoms with E-state index < -0.39 is 5.91 Å². The molecule has 180 valence electrons. The summed E-state index contributed by atoms with van der Waals surface area (Å²) in [6.45, 7) is 1.52. The lowest BCUT2D eigenvalue weighted by Crippen LogP contribution is -2.22. The highest BCUT2D eigenvalue weighted by Gasteiger charge is 2.18. The number of aliphatic hydroxyl groups excluding tert-OH is 1. The number of rotatable bonds is 7. The normalized spacial score (nSPS) is 11.4. The summed E-state index contributed by atoms with van der Waals surface area (Å²) in [4.78, 5) is 22.3. The molecular formula is C26H25N3O6. The van der Waals surface area contributed by atoms with Crippen LogP contribution in [-0.4, -0.2) is 37.3 Å². The molecule has 0 fully saturated rings. The lowest BCUT2D eigenvalue weighted by Gasteiger charge is -2.13. The van der Waals surface area contributed by atoms with Crippen molar-refractivity contribution >= 4 is 28.3 Å². The standard InChI is InChI=1S/C26H25N3O6/c1-15-24-20(16(14-30)13-27-15)12-21(26(35-24)28-17-5-7-18(32-2)8-6-17)25(31)29-22-10-9-19(33-3)11-23(22)34-4/h5-13,30H,14H2,1-4H3,(H,29,31). The predicted molar refractivity (Wildman–Crippen MR) is 130 cm³/mol. The van der Waals surface area contributed by atoms with Crippen molar-refractivity contribution in [2.45, 2.75) is 13.5 Å². The molecule has 2 aromatic heterocycles. The van der Waals surface area contributed by atoms with Gasteiger partial charge in [0.1, 0.15) is 22.8 Å². The number of aryl methyl sites for hydroxylation is 1. The summed E-state index contributed by atoms with van der Waals surface area (Å²) in [5.74, 6) is 1.23. The first-order valence-corrected chi connectivity index (χ1v) is 10.7. The van der Waals surface area contributed by atoms with Crippen LogP contribution in [0.5, 0.6) is 17.2 Å². The van der Waals surface area contributed by atoms with Crippen molar-refractivity contribution in [3.63, 3.8) is 0 Å². The molecule has 2 heterocycles. The lowest BCUT2D eigenvalue weighted by molar-refractivity contribution is 0.102. The number of hydrogen-bond donors (Lipinski definition) is 2. The number of aromatic nitrogens is 1. The number of nitrogens with one attached hydrogen (secondary N) is 1. The van der Waals surface area contributed by atoms with Crippen LogP contribution < -0.4 is 25.1 Å². The molecule has 2 aromatic carbocycles. The number of pyridine rings is 1. The predicted octanol–water partition coefficient (Wildman–Crippen LogP) is 4.14. The number of benzene rings is 2. The molecule has 0 bridgehead atoms. The maximum atomic E-state index is 13.5. The quantitative estimate of drug-likeness (QED) is 0.413. The Morgan fingerprint density at radius 3 is 2.40 bits per heavy atom. The fraction of sp³-hybridized carbons (Fsp3) is 0.192. The molecule has 2 N–H and O–H groups in total. The van der Waals surface area contributed by atoms with Crippen molar-refractivity contribution in [3.05, 3.63) is 77.1 Å². The smallest absolute Gasteiger partial charge is 0.261 e. The number of carbonyl (C=O) groups excluding carboxylic acids is 1. The molecule has 4 aromatic rings. The van der Waals surface area contributed by atoms with Crippen LogP contribution in [0.15, 0.2) is 64.1 Å². The molecule has 0 aliphatic carbocycles. The van der Waals surface area contributed by atoms with Crippen molar-refractivity contribution in [2.24, 2.45) is 4.99 Å². The molecule has 1 amide bonds. The minimum Gasteiger partial charge on any atom is -0.497 e. The van der Waals surface area contributed by atoms with Gasteiger partial charge in [-0.25, -0.2) is 4.99 Å². The topological polar surface area (TPSA) is 115 Å². The van der Waals surface area contributed by atoms with E-state index in [0.29, 0.717) is 50.8 Å². The van der Waals surface area contributed by atoms with E-state index in [1.807, 2.05) is 0 Å². The van der Waals surface area contributed by atoms with Gasteiger partial charge < -0.3 is 29.1 Å². The number of anilines is 1. The molecule has 0 radical (unpaired) electrons. The first kappa shape index (κ1) is 23.8. The monoisotopic (exact) mass is 475 g/mol. The molecule has 0 saturated heterocycles. The van der Waals surface area contributed by atoms with Crippen LogP contribution in [0.3, 0.4) is 0 Å². The summed E-state index contributed by atoms with van der Waals surface area (Å²) >= 11 is 0. The minimum absolute atomic E-state index is 0.0904. The van der Waals surface area contributed by atoms with E-state index in [-0.39, 0.29) is 17.7 Å². The Morgan fingerprint density at radius 2 is 1.74 bits per heavy atom. The number of nitrogens with zero attached hydrogens (tertiary/aromatic N) is 2. The molecule has 0 unspecified atom stereocenters. The van der Waals surface area contributed by atoms with Crippen LogP contribution in [0.1, 0.15) is 21.6 Å². The largest absolute Gasteiger partial charge is 0.497 e.